The van der Waals surface area contributed by atoms with Gasteiger partial charge in [0, 0.05) is 14.6 Å². The van der Waals surface area contributed by atoms with E-state index in [2.05, 4.69) is 43.2 Å². The van der Waals surface area contributed by atoms with Crippen LogP contribution in [0.3, 0.4) is 0 Å². The first-order chi connectivity index (χ1) is 6.47. The minimum Gasteiger partial charge on any atom is -0.211 e. The van der Waals surface area contributed by atoms with E-state index in [0.717, 1.165) is 3.57 Å². The molecule has 1 rings (SSSR count). The van der Waals surface area contributed by atoms with E-state index in [1.807, 2.05) is 0 Å². The SMILES string of the molecule is CCNS(=O)(=O)c1ccc(I)cc1Br. The average Bonchev–Trinajstić information content (AvgIpc) is 2.02. The smallest absolute Gasteiger partial charge is 0.211 e. The standard InChI is InChI=1S/C8H9BrINO2S/c1-2-11-14(12,13)8-4-3-6(10)5-7(8)9/h3-5,11H,2H2,1H3. The molecule has 1 aromatic carbocycles. The zero-order valence-corrected chi connectivity index (χ0v) is 12.0. The van der Waals surface area contributed by atoms with Crippen LogP contribution in [0, 0.1) is 3.57 Å². The maximum Gasteiger partial charge on any atom is 0.241 e. The third-order valence-corrected chi connectivity index (χ3v) is 4.71. The van der Waals surface area contributed by atoms with E-state index in [4.69, 9.17) is 0 Å². The molecule has 0 aliphatic rings. The van der Waals surface area contributed by atoms with Crippen molar-refractivity contribution in [1.82, 2.24) is 4.72 Å². The Morgan fingerprint density at radius 3 is 2.64 bits per heavy atom. The monoisotopic (exact) mass is 389 g/mol. The van der Waals surface area contributed by atoms with Gasteiger partial charge in [0.05, 0.1) is 4.90 Å². The summed E-state index contributed by atoms with van der Waals surface area (Å²) in [6, 6.07) is 5.12. The number of nitrogens with one attached hydrogen (secondary N) is 1. The van der Waals surface area contributed by atoms with Crippen molar-refractivity contribution in [1.29, 1.82) is 0 Å². The van der Waals surface area contributed by atoms with Gasteiger partial charge in [0.2, 0.25) is 10.0 Å². The molecule has 0 heterocycles. The van der Waals surface area contributed by atoms with Gasteiger partial charge in [-0.2, -0.15) is 0 Å². The van der Waals surface area contributed by atoms with E-state index in [0.29, 0.717) is 11.0 Å². The highest BCUT2D eigenvalue weighted by atomic mass is 127. The zero-order valence-electron chi connectivity index (χ0n) is 7.42. The molecular weight excluding hydrogens is 381 g/mol. The molecule has 0 fully saturated rings. The van der Waals surface area contributed by atoms with Gasteiger partial charge >= 0.3 is 0 Å². The molecule has 0 unspecified atom stereocenters. The predicted octanol–water partition coefficient (Wildman–Crippen LogP) is 2.35. The van der Waals surface area contributed by atoms with Gasteiger partial charge in [0.1, 0.15) is 0 Å². The Balaban J connectivity index is 3.20. The van der Waals surface area contributed by atoms with Crippen LogP contribution >= 0.6 is 38.5 Å². The molecule has 78 valence electrons. The summed E-state index contributed by atoms with van der Waals surface area (Å²) in [4.78, 5) is 0.278. The summed E-state index contributed by atoms with van der Waals surface area (Å²) in [7, 11) is -3.36. The van der Waals surface area contributed by atoms with Crippen molar-refractivity contribution in [3.8, 4) is 0 Å². The summed E-state index contributed by atoms with van der Waals surface area (Å²) in [5.41, 5.74) is 0. The molecular formula is C8H9BrINO2S. The summed E-state index contributed by atoms with van der Waals surface area (Å²) in [5, 5.41) is 0. The first kappa shape index (κ1) is 12.4. The molecule has 0 atom stereocenters. The third kappa shape index (κ3) is 2.91. The highest BCUT2D eigenvalue weighted by Crippen LogP contribution is 2.23. The molecule has 1 N–H and O–H groups in total. The van der Waals surface area contributed by atoms with E-state index in [-0.39, 0.29) is 4.90 Å². The second kappa shape index (κ2) is 4.91. The van der Waals surface area contributed by atoms with Gasteiger partial charge in [-0.05, 0) is 56.7 Å². The van der Waals surface area contributed by atoms with Crippen LogP contribution in [-0.4, -0.2) is 15.0 Å². The number of hydrogen-bond donors (Lipinski definition) is 1. The van der Waals surface area contributed by atoms with Crippen LogP contribution in [0.15, 0.2) is 27.6 Å². The fourth-order valence-corrected chi connectivity index (χ4v) is 4.00. The Hall–Kier alpha value is 0.340. The lowest BCUT2D eigenvalue weighted by atomic mass is 10.4. The molecule has 0 aliphatic carbocycles. The van der Waals surface area contributed by atoms with E-state index in [1.54, 1.807) is 25.1 Å². The maximum atomic E-state index is 11.6. The number of benzene rings is 1. The van der Waals surface area contributed by atoms with Crippen molar-refractivity contribution in [2.24, 2.45) is 0 Å². The fraction of sp³-hybridized carbons (Fsp3) is 0.250. The molecule has 0 amide bonds. The van der Waals surface area contributed by atoms with Crippen molar-refractivity contribution >= 4 is 48.5 Å². The molecule has 0 spiro atoms. The number of rotatable bonds is 3. The van der Waals surface area contributed by atoms with Gasteiger partial charge in [-0.15, -0.1) is 0 Å². The van der Waals surface area contributed by atoms with Crippen molar-refractivity contribution in [3.63, 3.8) is 0 Å². The van der Waals surface area contributed by atoms with Crippen LogP contribution in [0.1, 0.15) is 6.92 Å². The van der Waals surface area contributed by atoms with Gasteiger partial charge in [-0.25, -0.2) is 13.1 Å². The van der Waals surface area contributed by atoms with E-state index < -0.39 is 10.0 Å². The Morgan fingerprint density at radius 1 is 1.50 bits per heavy atom. The summed E-state index contributed by atoms with van der Waals surface area (Å²) in [5.74, 6) is 0. The largest absolute Gasteiger partial charge is 0.241 e. The molecule has 0 saturated carbocycles. The zero-order chi connectivity index (χ0) is 10.8. The molecule has 6 heteroatoms. The summed E-state index contributed by atoms with van der Waals surface area (Å²) >= 11 is 5.36. The van der Waals surface area contributed by atoms with Gasteiger partial charge < -0.3 is 0 Å². The van der Waals surface area contributed by atoms with Gasteiger partial charge in [0.15, 0.2) is 0 Å². The van der Waals surface area contributed by atoms with Crippen LogP contribution in [0.4, 0.5) is 0 Å². The number of hydrogen-bond acceptors (Lipinski definition) is 2. The van der Waals surface area contributed by atoms with Crippen molar-refractivity contribution in [2.45, 2.75) is 11.8 Å². The van der Waals surface area contributed by atoms with Gasteiger partial charge in [-0.1, -0.05) is 6.92 Å². The molecule has 0 bridgehead atoms. The van der Waals surface area contributed by atoms with E-state index in [9.17, 15) is 8.42 Å². The molecule has 0 aliphatic heterocycles. The minimum atomic E-state index is -3.36. The van der Waals surface area contributed by atoms with Crippen LogP contribution in [0.2, 0.25) is 0 Å². The van der Waals surface area contributed by atoms with Gasteiger partial charge in [0.25, 0.3) is 0 Å². The van der Waals surface area contributed by atoms with Crippen LogP contribution in [0.5, 0.6) is 0 Å². The lowest BCUT2D eigenvalue weighted by Gasteiger charge is -2.06. The first-order valence-corrected chi connectivity index (χ1v) is 7.27. The lowest BCUT2D eigenvalue weighted by molar-refractivity contribution is 0.583. The third-order valence-electron chi connectivity index (χ3n) is 1.52. The maximum absolute atomic E-state index is 11.6. The molecule has 14 heavy (non-hydrogen) atoms. The molecule has 1 aromatic rings. The Kier molecular flexibility index (Phi) is 4.35. The van der Waals surface area contributed by atoms with Crippen molar-refractivity contribution < 1.29 is 8.42 Å². The molecule has 0 radical (unpaired) electrons. The van der Waals surface area contributed by atoms with E-state index in [1.165, 1.54) is 0 Å². The highest BCUT2D eigenvalue weighted by molar-refractivity contribution is 14.1. The summed E-state index contributed by atoms with van der Waals surface area (Å²) < 4.78 is 27.3. The second-order valence-corrected chi connectivity index (χ2v) is 6.41. The lowest BCUT2D eigenvalue weighted by Crippen LogP contribution is -2.23. The summed E-state index contributed by atoms with van der Waals surface area (Å²) in [6.45, 7) is 2.14. The van der Waals surface area contributed by atoms with Crippen molar-refractivity contribution in [2.75, 3.05) is 6.54 Å². The van der Waals surface area contributed by atoms with Gasteiger partial charge in [-0.3, -0.25) is 0 Å². The normalized spacial score (nSPS) is 11.6. The van der Waals surface area contributed by atoms with Crippen LogP contribution in [0.25, 0.3) is 0 Å². The fourth-order valence-electron chi connectivity index (χ4n) is 0.961. The summed E-state index contributed by atoms with van der Waals surface area (Å²) in [6.07, 6.45) is 0. The average molecular weight is 390 g/mol. The van der Waals surface area contributed by atoms with Crippen molar-refractivity contribution in [3.05, 3.63) is 26.2 Å². The highest BCUT2D eigenvalue weighted by Gasteiger charge is 2.15. The topological polar surface area (TPSA) is 46.2 Å². The Morgan fingerprint density at radius 2 is 2.14 bits per heavy atom. The second-order valence-electron chi connectivity index (χ2n) is 2.58. The predicted molar refractivity (Wildman–Crippen MR) is 67.7 cm³/mol. The Labute approximate surface area is 106 Å². The molecule has 0 saturated heterocycles. The quantitative estimate of drug-likeness (QED) is 0.806. The van der Waals surface area contributed by atoms with E-state index >= 15 is 0 Å². The molecule has 3 nitrogen and oxygen atoms in total. The first-order valence-electron chi connectivity index (χ1n) is 3.92. The number of halogens is 2. The minimum absolute atomic E-state index is 0.278. The van der Waals surface area contributed by atoms with Crippen LogP contribution in [-0.2, 0) is 10.0 Å². The Bertz CT molecular complexity index is 433. The van der Waals surface area contributed by atoms with Crippen LogP contribution < -0.4 is 4.72 Å². The number of sulfonamides is 1. The molecule has 0 aromatic heterocycles.